The van der Waals surface area contributed by atoms with E-state index in [0.29, 0.717) is 11.1 Å². The Kier molecular flexibility index (Phi) is 6.58. The molecule has 0 aliphatic rings. The summed E-state index contributed by atoms with van der Waals surface area (Å²) in [5, 5.41) is 26.7. The van der Waals surface area contributed by atoms with E-state index in [9.17, 15) is 10.5 Å². The lowest BCUT2D eigenvalue weighted by Crippen LogP contribution is -1.96. The molecule has 0 amide bonds. The maximum absolute atomic E-state index is 10.1. The summed E-state index contributed by atoms with van der Waals surface area (Å²) in [6.07, 6.45) is 0. The van der Waals surface area contributed by atoms with Gasteiger partial charge in [0, 0.05) is 16.5 Å². The Labute approximate surface area is 283 Å². The predicted molar refractivity (Wildman–Crippen MR) is 202 cm³/mol. The van der Waals surface area contributed by atoms with Crippen LogP contribution in [0.4, 0.5) is 0 Å². The van der Waals surface area contributed by atoms with Gasteiger partial charge in [-0.05, 0) is 97.4 Å². The first kappa shape index (κ1) is 28.3. The van der Waals surface area contributed by atoms with Gasteiger partial charge in [-0.25, -0.2) is 0 Å². The molecule has 3 nitrogen and oxygen atoms in total. The van der Waals surface area contributed by atoms with Gasteiger partial charge in [-0.3, -0.25) is 0 Å². The molecule has 0 unspecified atom stereocenters. The van der Waals surface area contributed by atoms with Gasteiger partial charge in [0.1, 0.15) is 0 Å². The van der Waals surface area contributed by atoms with Crippen molar-refractivity contribution in [1.29, 1.82) is 10.5 Å². The molecule has 0 aliphatic carbocycles. The summed E-state index contributed by atoms with van der Waals surface area (Å²) in [6.45, 7) is 0. The maximum Gasteiger partial charge on any atom is 0.0992 e. The monoisotopic (exact) mass is 621 g/mol. The van der Waals surface area contributed by atoms with Crippen LogP contribution in [0.2, 0.25) is 0 Å². The van der Waals surface area contributed by atoms with E-state index in [0.717, 1.165) is 44.2 Å². The molecule has 0 saturated heterocycles. The van der Waals surface area contributed by atoms with Gasteiger partial charge in [0.25, 0.3) is 0 Å². The van der Waals surface area contributed by atoms with E-state index >= 15 is 0 Å². The fraction of sp³-hybridized carbons (Fsp3) is 0. The largest absolute Gasteiger partial charge is 0.309 e. The maximum atomic E-state index is 10.1. The van der Waals surface area contributed by atoms with Gasteiger partial charge in [0.2, 0.25) is 0 Å². The first-order chi connectivity index (χ1) is 24.2. The van der Waals surface area contributed by atoms with E-state index in [-0.39, 0.29) is 0 Å². The Morgan fingerprint density at radius 3 is 1.47 bits per heavy atom. The lowest BCUT2D eigenvalue weighted by molar-refractivity contribution is 1.18. The van der Waals surface area contributed by atoms with Crippen LogP contribution >= 0.6 is 0 Å². The number of nitrogens with zero attached hydrogens (tertiary/aromatic N) is 3. The van der Waals surface area contributed by atoms with Crippen molar-refractivity contribution in [2.45, 2.75) is 0 Å². The Morgan fingerprint density at radius 2 is 0.857 bits per heavy atom. The molecule has 0 fully saturated rings. The molecular weight excluding hydrogens is 595 g/mol. The number of hydrogen-bond acceptors (Lipinski definition) is 2. The van der Waals surface area contributed by atoms with E-state index in [1.807, 2.05) is 42.5 Å². The highest BCUT2D eigenvalue weighted by Crippen LogP contribution is 2.44. The van der Waals surface area contributed by atoms with Crippen LogP contribution in [0, 0.1) is 22.7 Å². The second-order valence-corrected chi connectivity index (χ2v) is 12.4. The van der Waals surface area contributed by atoms with Gasteiger partial charge in [-0.2, -0.15) is 10.5 Å². The van der Waals surface area contributed by atoms with Crippen molar-refractivity contribution in [2.75, 3.05) is 0 Å². The van der Waals surface area contributed by atoms with Crippen LogP contribution in [0.1, 0.15) is 11.1 Å². The molecule has 49 heavy (non-hydrogen) atoms. The van der Waals surface area contributed by atoms with Crippen LogP contribution in [0.5, 0.6) is 0 Å². The zero-order chi connectivity index (χ0) is 32.9. The van der Waals surface area contributed by atoms with Gasteiger partial charge in [-0.1, -0.05) is 121 Å². The lowest BCUT2D eigenvalue weighted by Gasteiger charge is -2.18. The van der Waals surface area contributed by atoms with Crippen molar-refractivity contribution in [1.82, 2.24) is 4.57 Å². The first-order valence-electron chi connectivity index (χ1n) is 16.3. The standard InChI is InChI=1S/C46H27N3/c47-28-30-18-23-44-42(26-30)37-12-8-9-17-43(37)49(44)36-25-31(29-48)24-35(27-36)32-19-21-34(22-20-32)46-40-15-6-4-13-38(40)45(33-10-2-1-3-11-33)39-14-5-7-16-41(39)46/h1-27H. The fourth-order valence-electron chi connectivity index (χ4n) is 7.48. The topological polar surface area (TPSA) is 52.5 Å². The molecule has 9 aromatic rings. The molecule has 9 rings (SSSR count). The molecule has 1 heterocycles. The van der Waals surface area contributed by atoms with Gasteiger partial charge in [-0.15, -0.1) is 0 Å². The normalized spacial score (nSPS) is 11.2. The van der Waals surface area contributed by atoms with Gasteiger partial charge in [0.15, 0.2) is 0 Å². The number of rotatable bonds is 4. The van der Waals surface area contributed by atoms with Crippen molar-refractivity contribution in [3.63, 3.8) is 0 Å². The molecule has 3 heteroatoms. The number of hydrogen-bond donors (Lipinski definition) is 0. The summed E-state index contributed by atoms with van der Waals surface area (Å²) in [6, 6.07) is 61.5. The molecule has 1 aromatic heterocycles. The highest BCUT2D eigenvalue weighted by molar-refractivity contribution is 6.21. The SMILES string of the molecule is N#Cc1cc(-c2ccc(-c3c4ccccc4c(-c4ccccc4)c4ccccc34)cc2)cc(-n2c3ccccc3c3cc(C#N)ccc32)c1. The van der Waals surface area contributed by atoms with Crippen LogP contribution in [-0.4, -0.2) is 4.57 Å². The molecular formula is C46H27N3. The highest BCUT2D eigenvalue weighted by atomic mass is 15.0. The zero-order valence-corrected chi connectivity index (χ0v) is 26.4. The summed E-state index contributed by atoms with van der Waals surface area (Å²) < 4.78 is 2.19. The van der Waals surface area contributed by atoms with Gasteiger partial charge in [0.05, 0.1) is 34.3 Å². The van der Waals surface area contributed by atoms with E-state index in [2.05, 4.69) is 138 Å². The second kappa shape index (κ2) is 11.4. The quantitative estimate of drug-likeness (QED) is 0.184. The average molecular weight is 622 g/mol. The Balaban J connectivity index is 1.21. The molecule has 0 N–H and O–H groups in total. The minimum atomic E-state index is 0.588. The number of fused-ring (bicyclic) bond motifs is 5. The summed E-state index contributed by atoms with van der Waals surface area (Å²) >= 11 is 0. The summed E-state index contributed by atoms with van der Waals surface area (Å²) in [5.41, 5.74) is 11.0. The summed E-state index contributed by atoms with van der Waals surface area (Å²) in [7, 11) is 0. The van der Waals surface area contributed by atoms with E-state index in [1.54, 1.807) is 0 Å². The molecule has 0 saturated carbocycles. The fourth-order valence-corrected chi connectivity index (χ4v) is 7.48. The van der Waals surface area contributed by atoms with Crippen LogP contribution in [0.25, 0.3) is 82.4 Å². The van der Waals surface area contributed by atoms with Crippen molar-refractivity contribution in [2.24, 2.45) is 0 Å². The molecule has 0 bridgehead atoms. The van der Waals surface area contributed by atoms with Crippen LogP contribution in [0.3, 0.4) is 0 Å². The first-order valence-corrected chi connectivity index (χ1v) is 16.3. The number of nitriles is 2. The van der Waals surface area contributed by atoms with E-state index in [1.165, 1.54) is 38.2 Å². The van der Waals surface area contributed by atoms with Gasteiger partial charge >= 0.3 is 0 Å². The van der Waals surface area contributed by atoms with Crippen LogP contribution < -0.4 is 0 Å². The minimum absolute atomic E-state index is 0.588. The molecule has 8 aromatic carbocycles. The zero-order valence-electron chi connectivity index (χ0n) is 26.4. The van der Waals surface area contributed by atoms with Crippen molar-refractivity contribution in [3.8, 4) is 51.2 Å². The summed E-state index contributed by atoms with van der Waals surface area (Å²) in [5.74, 6) is 0. The third kappa shape index (κ3) is 4.57. The van der Waals surface area contributed by atoms with E-state index < -0.39 is 0 Å². The van der Waals surface area contributed by atoms with Crippen molar-refractivity contribution in [3.05, 3.63) is 175 Å². The Bertz CT molecular complexity index is 2770. The molecule has 0 radical (unpaired) electrons. The number of benzene rings is 8. The highest BCUT2D eigenvalue weighted by Gasteiger charge is 2.17. The predicted octanol–water partition coefficient (Wildman–Crippen LogP) is 11.8. The Morgan fingerprint density at radius 1 is 0.347 bits per heavy atom. The van der Waals surface area contributed by atoms with E-state index in [4.69, 9.17) is 0 Å². The number of aromatic nitrogens is 1. The molecule has 0 spiro atoms. The van der Waals surface area contributed by atoms with Gasteiger partial charge < -0.3 is 4.57 Å². The molecule has 226 valence electrons. The van der Waals surface area contributed by atoms with Crippen molar-refractivity contribution < 1.29 is 0 Å². The molecule has 0 aliphatic heterocycles. The average Bonchev–Trinajstić information content (AvgIpc) is 3.50. The number of para-hydroxylation sites is 1. The lowest BCUT2D eigenvalue weighted by atomic mass is 9.85. The second-order valence-electron chi connectivity index (χ2n) is 12.4. The minimum Gasteiger partial charge on any atom is -0.309 e. The Hall–Kier alpha value is -6.94. The molecule has 0 atom stereocenters. The third-order valence-corrected chi connectivity index (χ3v) is 9.61. The third-order valence-electron chi connectivity index (χ3n) is 9.61. The smallest absolute Gasteiger partial charge is 0.0992 e. The summed E-state index contributed by atoms with van der Waals surface area (Å²) in [4.78, 5) is 0. The van der Waals surface area contributed by atoms with Crippen LogP contribution in [0.15, 0.2) is 164 Å². The van der Waals surface area contributed by atoms with Crippen molar-refractivity contribution >= 4 is 43.4 Å². The van der Waals surface area contributed by atoms with Crippen LogP contribution in [-0.2, 0) is 0 Å².